The van der Waals surface area contributed by atoms with Crippen LogP contribution < -0.4 is 0 Å². The highest BCUT2D eigenvalue weighted by Crippen LogP contribution is 2.09. The van der Waals surface area contributed by atoms with Gasteiger partial charge in [0.05, 0.1) is 10.5 Å². The molecule has 0 radical (unpaired) electrons. The van der Waals surface area contributed by atoms with Crippen molar-refractivity contribution < 1.29 is 9.72 Å². The summed E-state index contributed by atoms with van der Waals surface area (Å²) >= 11 is 0. The summed E-state index contributed by atoms with van der Waals surface area (Å²) in [5.41, 5.74) is -0.463. The molecule has 0 N–H and O–H groups in total. The highest BCUT2D eigenvalue weighted by atomic mass is 16.6. The molecule has 0 amide bonds. The number of hydrogen-bond donors (Lipinski definition) is 0. The molecule has 0 unspecified atom stereocenters. The van der Waals surface area contributed by atoms with Crippen molar-refractivity contribution in [2.75, 3.05) is 0 Å². The van der Waals surface area contributed by atoms with Gasteiger partial charge in [-0.15, -0.1) is 0 Å². The lowest BCUT2D eigenvalue weighted by atomic mass is 10.1. The zero-order valence-electron chi connectivity index (χ0n) is 7.03. The van der Waals surface area contributed by atoms with Gasteiger partial charge in [-0.25, -0.2) is 0 Å². The van der Waals surface area contributed by atoms with Gasteiger partial charge in [-0.05, 0) is 6.08 Å². The van der Waals surface area contributed by atoms with Crippen LogP contribution in [0.5, 0.6) is 0 Å². The Morgan fingerprint density at radius 1 is 1.15 bits per heavy atom. The Morgan fingerprint density at radius 2 is 1.62 bits per heavy atom. The summed E-state index contributed by atoms with van der Waals surface area (Å²) in [6.45, 7) is 9.82. The van der Waals surface area contributed by atoms with E-state index in [1.54, 1.807) is 0 Å². The number of allylic oxidation sites excluding steroid dienone is 4. The highest BCUT2D eigenvalue weighted by molar-refractivity contribution is 6.02. The summed E-state index contributed by atoms with van der Waals surface area (Å²) in [6.07, 6.45) is 3.28. The minimum absolute atomic E-state index is 0.0925. The predicted molar refractivity (Wildman–Crippen MR) is 49.6 cm³/mol. The minimum Gasteiger partial charge on any atom is -0.282 e. The molecule has 4 heteroatoms. The molecule has 0 bridgehead atoms. The van der Waals surface area contributed by atoms with E-state index >= 15 is 0 Å². The second-order valence-corrected chi connectivity index (χ2v) is 2.04. The van der Waals surface area contributed by atoms with Crippen LogP contribution in [0.15, 0.2) is 49.2 Å². The van der Waals surface area contributed by atoms with E-state index < -0.39 is 16.4 Å². The number of carbonyl (C=O) groups is 1. The van der Waals surface area contributed by atoms with Crippen LogP contribution in [0.1, 0.15) is 0 Å². The molecule has 0 aromatic rings. The van der Waals surface area contributed by atoms with Crippen molar-refractivity contribution in [2.24, 2.45) is 0 Å². The van der Waals surface area contributed by atoms with Crippen LogP contribution in [0.25, 0.3) is 0 Å². The molecule has 13 heavy (non-hydrogen) atoms. The highest BCUT2D eigenvalue weighted by Gasteiger charge is 2.21. The second-order valence-electron chi connectivity index (χ2n) is 2.04. The number of rotatable bonds is 5. The lowest BCUT2D eigenvalue weighted by Crippen LogP contribution is -2.10. The standard InChI is InChI=1S/C9H9NO3/c1-4-7(5-2)9(10(12)13)8(11)6-3/h4-6H,1-3H2. The number of ketones is 1. The van der Waals surface area contributed by atoms with Gasteiger partial charge in [-0.3, -0.25) is 14.9 Å². The molecule has 0 rings (SSSR count). The molecule has 0 saturated heterocycles. The van der Waals surface area contributed by atoms with E-state index in [1.165, 1.54) is 12.2 Å². The number of hydrogen-bond acceptors (Lipinski definition) is 3. The maximum absolute atomic E-state index is 11.0. The Balaban J connectivity index is 5.45. The van der Waals surface area contributed by atoms with Crippen LogP contribution in [0, 0.1) is 10.1 Å². The van der Waals surface area contributed by atoms with Crippen molar-refractivity contribution in [3.05, 3.63) is 59.3 Å². The van der Waals surface area contributed by atoms with Crippen LogP contribution in [0.2, 0.25) is 0 Å². The monoisotopic (exact) mass is 179 g/mol. The van der Waals surface area contributed by atoms with Gasteiger partial charge in [-0.1, -0.05) is 31.9 Å². The van der Waals surface area contributed by atoms with E-state index in [0.717, 1.165) is 6.08 Å². The Hall–Kier alpha value is -1.97. The van der Waals surface area contributed by atoms with Crippen LogP contribution in [0.3, 0.4) is 0 Å². The van der Waals surface area contributed by atoms with E-state index in [2.05, 4.69) is 19.7 Å². The molecule has 0 aliphatic carbocycles. The van der Waals surface area contributed by atoms with E-state index in [1.807, 2.05) is 0 Å². The number of nitro groups is 1. The summed E-state index contributed by atoms with van der Waals surface area (Å²) in [7, 11) is 0. The number of nitrogens with zero attached hydrogens (tertiary/aromatic N) is 1. The summed E-state index contributed by atoms with van der Waals surface area (Å²) in [6, 6.07) is 0. The average molecular weight is 179 g/mol. The summed E-state index contributed by atoms with van der Waals surface area (Å²) in [5.74, 6) is -0.750. The maximum atomic E-state index is 11.0. The first-order valence-electron chi connectivity index (χ1n) is 3.38. The Labute approximate surface area is 75.7 Å². The molecule has 0 aliphatic rings. The maximum Gasteiger partial charge on any atom is 0.323 e. The van der Waals surface area contributed by atoms with E-state index in [9.17, 15) is 14.9 Å². The Kier molecular flexibility index (Phi) is 4.09. The van der Waals surface area contributed by atoms with E-state index in [0.29, 0.717) is 0 Å². The molecular weight excluding hydrogens is 170 g/mol. The van der Waals surface area contributed by atoms with Gasteiger partial charge in [0.25, 0.3) is 5.78 Å². The van der Waals surface area contributed by atoms with Crippen molar-refractivity contribution in [2.45, 2.75) is 0 Å². The molecule has 0 fully saturated rings. The van der Waals surface area contributed by atoms with Gasteiger partial charge >= 0.3 is 5.70 Å². The zero-order chi connectivity index (χ0) is 10.4. The predicted octanol–water partition coefficient (Wildman–Crippen LogP) is 1.64. The average Bonchev–Trinajstić information content (AvgIpc) is 2.12. The second kappa shape index (κ2) is 4.82. The van der Waals surface area contributed by atoms with Gasteiger partial charge in [-0.2, -0.15) is 0 Å². The first-order valence-corrected chi connectivity index (χ1v) is 3.38. The van der Waals surface area contributed by atoms with Gasteiger partial charge in [0.2, 0.25) is 0 Å². The van der Waals surface area contributed by atoms with Crippen molar-refractivity contribution in [1.29, 1.82) is 0 Å². The smallest absolute Gasteiger partial charge is 0.282 e. The molecule has 0 atom stereocenters. The lowest BCUT2D eigenvalue weighted by Gasteiger charge is -1.95. The van der Waals surface area contributed by atoms with Crippen LogP contribution in [-0.4, -0.2) is 10.7 Å². The van der Waals surface area contributed by atoms with Crippen LogP contribution >= 0.6 is 0 Å². The molecule has 68 valence electrons. The largest absolute Gasteiger partial charge is 0.323 e. The molecule has 0 aromatic heterocycles. The lowest BCUT2D eigenvalue weighted by molar-refractivity contribution is -0.419. The summed E-state index contributed by atoms with van der Waals surface area (Å²) in [4.78, 5) is 20.7. The van der Waals surface area contributed by atoms with Gasteiger partial charge < -0.3 is 0 Å². The fourth-order valence-electron chi connectivity index (χ4n) is 0.711. The van der Waals surface area contributed by atoms with Crippen molar-refractivity contribution >= 4 is 5.78 Å². The first kappa shape index (κ1) is 11.0. The summed E-state index contributed by atoms with van der Waals surface area (Å²) < 4.78 is 0. The van der Waals surface area contributed by atoms with Gasteiger partial charge in [0.1, 0.15) is 0 Å². The van der Waals surface area contributed by atoms with Crippen molar-refractivity contribution in [1.82, 2.24) is 0 Å². The molecule has 0 aromatic carbocycles. The Morgan fingerprint density at radius 3 is 1.85 bits per heavy atom. The fraction of sp³-hybridized carbons (Fsp3) is 0. The molecule has 0 heterocycles. The molecule has 0 saturated carbocycles. The van der Waals surface area contributed by atoms with Crippen LogP contribution in [0.4, 0.5) is 0 Å². The third-order valence-electron chi connectivity index (χ3n) is 1.31. The first-order chi connectivity index (χ1) is 6.08. The zero-order valence-corrected chi connectivity index (χ0v) is 7.03. The van der Waals surface area contributed by atoms with Crippen molar-refractivity contribution in [3.8, 4) is 0 Å². The van der Waals surface area contributed by atoms with Gasteiger partial charge in [0, 0.05) is 0 Å². The third-order valence-corrected chi connectivity index (χ3v) is 1.31. The molecular formula is C9H9NO3. The van der Waals surface area contributed by atoms with Gasteiger partial charge in [0.15, 0.2) is 0 Å². The summed E-state index contributed by atoms with van der Waals surface area (Å²) in [5, 5.41) is 10.4. The topological polar surface area (TPSA) is 60.2 Å². The molecule has 4 nitrogen and oxygen atoms in total. The molecule has 0 aliphatic heterocycles. The van der Waals surface area contributed by atoms with Crippen LogP contribution in [-0.2, 0) is 4.79 Å². The number of carbonyl (C=O) groups excluding carboxylic acids is 1. The normalized spacial score (nSPS) is 8.31. The third kappa shape index (κ3) is 2.52. The van der Waals surface area contributed by atoms with Crippen molar-refractivity contribution in [3.63, 3.8) is 0 Å². The SMILES string of the molecule is C=CC(=O)C(=C(C=C)C=C)[N+](=O)[O-]. The molecule has 0 spiro atoms. The Bertz CT molecular complexity index is 303. The van der Waals surface area contributed by atoms with E-state index in [4.69, 9.17) is 0 Å². The quantitative estimate of drug-likeness (QED) is 0.279. The van der Waals surface area contributed by atoms with E-state index in [-0.39, 0.29) is 5.57 Å². The fourth-order valence-corrected chi connectivity index (χ4v) is 0.711. The minimum atomic E-state index is -0.775.